The number of esters is 1. The van der Waals surface area contributed by atoms with Crippen LogP contribution in [0.1, 0.15) is 44.9 Å². The second-order valence-electron chi connectivity index (χ2n) is 10.6. The van der Waals surface area contributed by atoms with Gasteiger partial charge in [-0.25, -0.2) is 4.79 Å². The predicted molar refractivity (Wildman–Crippen MR) is 162 cm³/mol. The van der Waals surface area contributed by atoms with E-state index >= 15 is 0 Å². The molecule has 0 spiro atoms. The van der Waals surface area contributed by atoms with Gasteiger partial charge in [0.25, 0.3) is 0 Å². The summed E-state index contributed by atoms with van der Waals surface area (Å²) in [5.74, 6) is 0.574. The smallest absolute Gasteiger partial charge is 0.332 e. The van der Waals surface area contributed by atoms with Gasteiger partial charge in [0.15, 0.2) is 12.6 Å². The van der Waals surface area contributed by atoms with Crippen molar-refractivity contribution in [3.63, 3.8) is 0 Å². The average Bonchev–Trinajstić information content (AvgIpc) is 3.45. The van der Waals surface area contributed by atoms with Crippen molar-refractivity contribution in [2.45, 2.75) is 39.3 Å². The van der Waals surface area contributed by atoms with E-state index in [1.165, 1.54) is 0 Å². The highest BCUT2D eigenvalue weighted by molar-refractivity contribution is 5.78. The van der Waals surface area contributed by atoms with E-state index in [-0.39, 0.29) is 25.4 Å². The fourth-order valence-corrected chi connectivity index (χ4v) is 4.18. The van der Waals surface area contributed by atoms with Crippen LogP contribution in [0.3, 0.4) is 0 Å². The number of hydrogen-bond donors (Lipinski definition) is 1. The summed E-state index contributed by atoms with van der Waals surface area (Å²) in [5, 5.41) is 13.1. The Balaban J connectivity index is 1.41. The molecule has 1 atom stereocenters. The molecule has 220 valence electrons. The summed E-state index contributed by atoms with van der Waals surface area (Å²) in [5.41, 5.74) is 10.8. The first-order chi connectivity index (χ1) is 20.1. The van der Waals surface area contributed by atoms with E-state index in [2.05, 4.69) is 34.4 Å². The number of methoxy groups -OCH3 is 1. The molecule has 0 amide bonds. The number of ether oxygens (including phenoxy) is 4. The molecule has 1 unspecified atom stereocenters. The Labute approximate surface area is 246 Å². The quantitative estimate of drug-likeness (QED) is 0.132. The number of benzene rings is 2. The zero-order valence-corrected chi connectivity index (χ0v) is 24.6. The SMILES string of the molecule is COCOc1ccccc1-c1cc(-c2cnn(C(C)c3ccc(/C=C/COCC(=O)OC(C)(C)C)cc3)c2)c(N)nn1. The van der Waals surface area contributed by atoms with E-state index in [1.807, 2.05) is 86.3 Å². The maximum Gasteiger partial charge on any atom is 0.332 e. The monoisotopic (exact) mass is 571 g/mol. The number of nitrogens with zero attached hydrogens (tertiary/aromatic N) is 4. The second-order valence-corrected chi connectivity index (χ2v) is 10.6. The molecule has 2 heterocycles. The molecule has 0 saturated carbocycles. The van der Waals surface area contributed by atoms with E-state index in [0.717, 1.165) is 27.8 Å². The van der Waals surface area contributed by atoms with Gasteiger partial charge in [-0.3, -0.25) is 4.68 Å². The van der Waals surface area contributed by atoms with Crippen molar-refractivity contribution in [2.75, 3.05) is 32.9 Å². The molecule has 2 N–H and O–H groups in total. The first kappa shape index (κ1) is 30.4. The van der Waals surface area contributed by atoms with Crippen LogP contribution in [0.25, 0.3) is 28.5 Å². The van der Waals surface area contributed by atoms with Crippen molar-refractivity contribution in [3.8, 4) is 28.1 Å². The molecule has 42 heavy (non-hydrogen) atoms. The zero-order valence-electron chi connectivity index (χ0n) is 24.6. The summed E-state index contributed by atoms with van der Waals surface area (Å²) < 4.78 is 23.3. The largest absolute Gasteiger partial charge is 0.467 e. The minimum absolute atomic E-state index is 0.0207. The Morgan fingerprint density at radius 1 is 1.07 bits per heavy atom. The maximum absolute atomic E-state index is 11.7. The van der Waals surface area contributed by atoms with Crippen molar-refractivity contribution in [3.05, 3.63) is 84.2 Å². The third-order valence-electron chi connectivity index (χ3n) is 6.21. The second kappa shape index (κ2) is 13.9. The standard InChI is InChI=1S/C32H37N5O5/c1-22(24-14-12-23(13-15-24)9-8-16-40-20-30(38)42-32(2,3)4)37-19-25(18-34-37)27-17-28(35-36-31(27)33)26-10-6-7-11-29(26)41-21-39-5/h6-15,17-19,22H,16,20-21H2,1-5H3,(H2,33,36)/b9-8+. The molecule has 0 bridgehead atoms. The van der Waals surface area contributed by atoms with Crippen molar-refractivity contribution < 1.29 is 23.7 Å². The van der Waals surface area contributed by atoms with Gasteiger partial charge in [-0.2, -0.15) is 5.10 Å². The first-order valence-electron chi connectivity index (χ1n) is 13.6. The lowest BCUT2D eigenvalue weighted by molar-refractivity contribution is -0.159. The van der Waals surface area contributed by atoms with Gasteiger partial charge >= 0.3 is 5.97 Å². The molecule has 4 aromatic rings. The Hall–Kier alpha value is -4.54. The van der Waals surface area contributed by atoms with Crippen LogP contribution < -0.4 is 10.5 Å². The molecule has 0 aliphatic carbocycles. The van der Waals surface area contributed by atoms with Crippen molar-refractivity contribution in [1.82, 2.24) is 20.0 Å². The van der Waals surface area contributed by atoms with Crippen molar-refractivity contribution in [1.29, 1.82) is 0 Å². The van der Waals surface area contributed by atoms with Crippen LogP contribution in [0.4, 0.5) is 5.82 Å². The summed E-state index contributed by atoms with van der Waals surface area (Å²) in [6, 6.07) is 17.6. The Bertz CT molecular complexity index is 1510. The number of hydrogen-bond acceptors (Lipinski definition) is 9. The van der Waals surface area contributed by atoms with Gasteiger partial charge in [0.05, 0.1) is 24.5 Å². The minimum Gasteiger partial charge on any atom is -0.467 e. The third-order valence-corrected chi connectivity index (χ3v) is 6.21. The lowest BCUT2D eigenvalue weighted by Gasteiger charge is -2.19. The summed E-state index contributed by atoms with van der Waals surface area (Å²) in [7, 11) is 1.57. The van der Waals surface area contributed by atoms with Gasteiger partial charge < -0.3 is 24.7 Å². The van der Waals surface area contributed by atoms with Gasteiger partial charge in [-0.1, -0.05) is 48.6 Å². The van der Waals surface area contributed by atoms with Crippen molar-refractivity contribution in [2.24, 2.45) is 0 Å². The van der Waals surface area contributed by atoms with E-state index in [4.69, 9.17) is 24.7 Å². The third kappa shape index (κ3) is 8.25. The highest BCUT2D eigenvalue weighted by Gasteiger charge is 2.17. The van der Waals surface area contributed by atoms with E-state index in [1.54, 1.807) is 13.3 Å². The number of aromatic nitrogens is 4. The number of carbonyl (C=O) groups excluding carboxylic acids is 1. The number of rotatable bonds is 12. The lowest BCUT2D eigenvalue weighted by atomic mass is 10.1. The normalized spacial score (nSPS) is 12.4. The van der Waals surface area contributed by atoms with Gasteiger partial charge in [0.1, 0.15) is 18.0 Å². The topological polar surface area (TPSA) is 124 Å². The van der Waals surface area contributed by atoms with E-state index < -0.39 is 5.60 Å². The molecule has 10 nitrogen and oxygen atoms in total. The molecule has 0 aliphatic rings. The number of nitrogen functional groups attached to an aromatic ring is 1. The lowest BCUT2D eigenvalue weighted by Crippen LogP contribution is -2.26. The van der Waals surface area contributed by atoms with E-state index in [0.29, 0.717) is 23.9 Å². The fraction of sp³-hybridized carbons (Fsp3) is 0.312. The molecule has 4 rings (SSSR count). The van der Waals surface area contributed by atoms with Crippen LogP contribution in [0.2, 0.25) is 0 Å². The molecule has 0 radical (unpaired) electrons. The molecule has 10 heteroatoms. The Kier molecular flexibility index (Phi) is 10.1. The van der Waals surface area contributed by atoms with Crippen LogP contribution in [-0.4, -0.2) is 58.7 Å². The molecule has 0 saturated heterocycles. The maximum atomic E-state index is 11.7. The molecule has 0 fully saturated rings. The Morgan fingerprint density at radius 3 is 2.57 bits per heavy atom. The van der Waals surface area contributed by atoms with Crippen LogP contribution in [0, 0.1) is 0 Å². The highest BCUT2D eigenvalue weighted by atomic mass is 16.7. The number of nitrogens with two attached hydrogens (primary N) is 1. The number of carbonyl (C=O) groups is 1. The zero-order chi connectivity index (χ0) is 30.1. The van der Waals surface area contributed by atoms with Gasteiger partial charge in [-0.15, -0.1) is 10.2 Å². The predicted octanol–water partition coefficient (Wildman–Crippen LogP) is 5.55. The Morgan fingerprint density at radius 2 is 1.83 bits per heavy atom. The molecular formula is C32H37N5O5. The van der Waals surface area contributed by atoms with Crippen LogP contribution in [0.15, 0.2) is 73.1 Å². The average molecular weight is 572 g/mol. The highest BCUT2D eigenvalue weighted by Crippen LogP contribution is 2.33. The fourth-order valence-electron chi connectivity index (χ4n) is 4.18. The number of para-hydroxylation sites is 1. The van der Waals surface area contributed by atoms with Crippen LogP contribution in [0.5, 0.6) is 5.75 Å². The minimum atomic E-state index is -0.521. The summed E-state index contributed by atoms with van der Waals surface area (Å²) in [6.07, 6.45) is 7.54. The van der Waals surface area contributed by atoms with Crippen LogP contribution in [-0.2, 0) is 19.0 Å². The summed E-state index contributed by atoms with van der Waals surface area (Å²) >= 11 is 0. The molecule has 2 aromatic carbocycles. The first-order valence-corrected chi connectivity index (χ1v) is 13.6. The summed E-state index contributed by atoms with van der Waals surface area (Å²) in [6.45, 7) is 7.91. The van der Waals surface area contributed by atoms with Gasteiger partial charge in [-0.05, 0) is 57.0 Å². The van der Waals surface area contributed by atoms with E-state index in [9.17, 15) is 4.79 Å². The number of anilines is 1. The van der Waals surface area contributed by atoms with Gasteiger partial charge in [0.2, 0.25) is 0 Å². The molecular weight excluding hydrogens is 534 g/mol. The molecule has 2 aromatic heterocycles. The van der Waals surface area contributed by atoms with Crippen molar-refractivity contribution >= 4 is 17.9 Å². The summed E-state index contributed by atoms with van der Waals surface area (Å²) in [4.78, 5) is 11.7. The van der Waals surface area contributed by atoms with Crippen LogP contribution >= 0.6 is 0 Å². The molecule has 0 aliphatic heterocycles. The van der Waals surface area contributed by atoms with Gasteiger partial charge in [0, 0.05) is 30.0 Å².